The number of aliphatic hydroxyl groups excluding tert-OH is 1. The SMILES string of the molecule is COc1cc(/C=C/C(O)=C/C(=O)/C=C/c2ccc(OC(=O)c3ccccc3OC(=O)c3ccccc3C)c(OC)c2)ccc1C. The van der Waals surface area contributed by atoms with Crippen molar-refractivity contribution in [1.29, 1.82) is 0 Å². The molecule has 0 aliphatic heterocycles. The molecule has 4 aromatic carbocycles. The second-order valence-electron chi connectivity index (χ2n) is 9.87. The molecule has 4 aromatic rings. The number of methoxy groups -OCH3 is 2. The lowest BCUT2D eigenvalue weighted by Crippen LogP contribution is -2.15. The highest BCUT2D eigenvalue weighted by Crippen LogP contribution is 2.31. The maximum atomic E-state index is 13.1. The molecule has 0 aliphatic carbocycles. The molecule has 8 heteroatoms. The first-order valence-electron chi connectivity index (χ1n) is 13.9. The van der Waals surface area contributed by atoms with E-state index in [1.54, 1.807) is 62.6 Å². The number of rotatable bonds is 11. The molecule has 0 amide bonds. The monoisotopic (exact) mass is 604 g/mol. The Morgan fingerprint density at radius 3 is 1.89 bits per heavy atom. The van der Waals surface area contributed by atoms with E-state index in [2.05, 4.69) is 0 Å². The van der Waals surface area contributed by atoms with E-state index in [4.69, 9.17) is 18.9 Å². The lowest BCUT2D eigenvalue weighted by molar-refractivity contribution is -0.110. The second kappa shape index (κ2) is 15.0. The van der Waals surface area contributed by atoms with Gasteiger partial charge in [0.15, 0.2) is 17.3 Å². The zero-order valence-corrected chi connectivity index (χ0v) is 25.3. The molecule has 0 aromatic heterocycles. The third-order valence-electron chi connectivity index (χ3n) is 6.67. The van der Waals surface area contributed by atoms with Crippen molar-refractivity contribution in [3.63, 3.8) is 0 Å². The molecular weight excluding hydrogens is 572 g/mol. The Hall–Kier alpha value is -5.89. The minimum absolute atomic E-state index is 0.0533. The van der Waals surface area contributed by atoms with Crippen molar-refractivity contribution < 1.29 is 38.4 Å². The molecule has 0 atom stereocenters. The van der Waals surface area contributed by atoms with E-state index in [1.165, 1.54) is 43.5 Å². The van der Waals surface area contributed by atoms with E-state index in [1.807, 2.05) is 31.2 Å². The van der Waals surface area contributed by atoms with Gasteiger partial charge in [0.2, 0.25) is 0 Å². The number of para-hydroxylation sites is 1. The first-order chi connectivity index (χ1) is 21.7. The van der Waals surface area contributed by atoms with E-state index >= 15 is 0 Å². The van der Waals surface area contributed by atoms with E-state index < -0.39 is 17.7 Å². The molecule has 0 heterocycles. The number of allylic oxidation sites excluding steroid dienone is 3. The molecule has 0 unspecified atom stereocenters. The van der Waals surface area contributed by atoms with Crippen LogP contribution in [0, 0.1) is 13.8 Å². The molecule has 0 radical (unpaired) electrons. The fourth-order valence-corrected chi connectivity index (χ4v) is 4.25. The average Bonchev–Trinajstić information content (AvgIpc) is 3.04. The highest BCUT2D eigenvalue weighted by atomic mass is 16.6. The van der Waals surface area contributed by atoms with Gasteiger partial charge in [-0.05, 0) is 84.7 Å². The van der Waals surface area contributed by atoms with Crippen molar-refractivity contribution in [1.82, 2.24) is 0 Å². The summed E-state index contributed by atoms with van der Waals surface area (Å²) in [5, 5.41) is 10.2. The number of carbonyl (C=O) groups excluding carboxylic acids is 3. The molecule has 228 valence electrons. The number of hydrogen-bond donors (Lipinski definition) is 1. The number of hydrogen-bond acceptors (Lipinski definition) is 8. The maximum Gasteiger partial charge on any atom is 0.347 e. The normalized spacial score (nSPS) is 11.4. The van der Waals surface area contributed by atoms with E-state index in [0.29, 0.717) is 11.1 Å². The lowest BCUT2D eigenvalue weighted by atomic mass is 10.1. The third-order valence-corrected chi connectivity index (χ3v) is 6.67. The van der Waals surface area contributed by atoms with Crippen LogP contribution >= 0.6 is 0 Å². The Balaban J connectivity index is 1.43. The summed E-state index contributed by atoms with van der Waals surface area (Å²) in [5.41, 5.74) is 3.56. The van der Waals surface area contributed by atoms with Gasteiger partial charge in [-0.3, -0.25) is 4.79 Å². The van der Waals surface area contributed by atoms with Gasteiger partial charge in [-0.2, -0.15) is 0 Å². The second-order valence-corrected chi connectivity index (χ2v) is 9.87. The van der Waals surface area contributed by atoms with Gasteiger partial charge < -0.3 is 24.1 Å². The molecular formula is C37H32O8. The van der Waals surface area contributed by atoms with Crippen LogP contribution in [0.1, 0.15) is 43.0 Å². The summed E-state index contributed by atoms with van der Waals surface area (Å²) in [6.45, 7) is 3.72. The highest BCUT2D eigenvalue weighted by molar-refractivity contribution is 6.02. The zero-order chi connectivity index (χ0) is 32.3. The standard InChI is InChI=1S/C37H32O8/c1-24-9-5-6-10-30(24)36(40)44-32-12-8-7-11-31(32)37(41)45-33-20-17-27(22-35(33)43-4)16-19-29(39)23-28(38)18-15-26-14-13-25(2)34(21-26)42-3/h5-23,38H,1-4H3/b18-15+,19-16+,28-23-. The molecule has 0 aliphatic rings. The predicted molar refractivity (Wildman–Crippen MR) is 172 cm³/mol. The number of aliphatic hydroxyl groups is 1. The van der Waals surface area contributed by atoms with E-state index in [9.17, 15) is 19.5 Å². The molecule has 8 nitrogen and oxygen atoms in total. The molecule has 0 saturated carbocycles. The largest absolute Gasteiger partial charge is 0.508 e. The van der Waals surface area contributed by atoms with Crippen molar-refractivity contribution in [2.45, 2.75) is 13.8 Å². The van der Waals surface area contributed by atoms with Gasteiger partial charge in [-0.1, -0.05) is 60.7 Å². The zero-order valence-electron chi connectivity index (χ0n) is 25.3. The van der Waals surface area contributed by atoms with Crippen LogP contribution in [0.3, 0.4) is 0 Å². The minimum Gasteiger partial charge on any atom is -0.508 e. The van der Waals surface area contributed by atoms with Gasteiger partial charge in [0.05, 0.1) is 19.8 Å². The van der Waals surface area contributed by atoms with Crippen molar-refractivity contribution in [2.75, 3.05) is 14.2 Å². The van der Waals surface area contributed by atoms with Gasteiger partial charge in [0.25, 0.3) is 0 Å². The van der Waals surface area contributed by atoms with Gasteiger partial charge in [0, 0.05) is 6.08 Å². The summed E-state index contributed by atoms with van der Waals surface area (Å²) < 4.78 is 21.8. The molecule has 0 fully saturated rings. The molecule has 0 bridgehead atoms. The Labute approximate surface area is 261 Å². The molecule has 45 heavy (non-hydrogen) atoms. The summed E-state index contributed by atoms with van der Waals surface area (Å²) in [4.78, 5) is 38.3. The van der Waals surface area contributed by atoms with Gasteiger partial charge in [-0.25, -0.2) is 9.59 Å². The van der Waals surface area contributed by atoms with Crippen LogP contribution in [0.4, 0.5) is 0 Å². The number of carbonyl (C=O) groups is 3. The quantitative estimate of drug-likeness (QED) is 0.0617. The molecule has 4 rings (SSSR count). The third kappa shape index (κ3) is 8.58. The molecule has 0 spiro atoms. The Morgan fingerprint density at radius 1 is 0.600 bits per heavy atom. The number of esters is 2. The molecule has 0 saturated heterocycles. The summed E-state index contributed by atoms with van der Waals surface area (Å²) in [6.07, 6.45) is 7.01. The van der Waals surface area contributed by atoms with Crippen LogP contribution in [-0.4, -0.2) is 37.0 Å². The summed E-state index contributed by atoms with van der Waals surface area (Å²) in [7, 11) is 3.00. The number of aryl methyl sites for hydroxylation is 2. The topological polar surface area (TPSA) is 108 Å². The number of ether oxygens (including phenoxy) is 4. The van der Waals surface area contributed by atoms with Crippen molar-refractivity contribution in [3.8, 4) is 23.0 Å². The first-order valence-corrected chi connectivity index (χ1v) is 13.9. The van der Waals surface area contributed by atoms with Gasteiger partial charge >= 0.3 is 11.9 Å². The summed E-state index contributed by atoms with van der Waals surface area (Å²) in [6, 6.07) is 23.6. The summed E-state index contributed by atoms with van der Waals surface area (Å²) >= 11 is 0. The fourth-order valence-electron chi connectivity index (χ4n) is 4.25. The van der Waals surface area contributed by atoms with E-state index in [0.717, 1.165) is 28.5 Å². The van der Waals surface area contributed by atoms with Crippen LogP contribution in [0.2, 0.25) is 0 Å². The van der Waals surface area contributed by atoms with Crippen molar-refractivity contribution in [3.05, 3.63) is 142 Å². The Bertz CT molecular complexity index is 1810. The number of benzene rings is 4. The van der Waals surface area contributed by atoms with Crippen molar-refractivity contribution >= 4 is 29.9 Å². The highest BCUT2D eigenvalue weighted by Gasteiger charge is 2.20. The van der Waals surface area contributed by atoms with Crippen LogP contribution < -0.4 is 18.9 Å². The van der Waals surface area contributed by atoms with Gasteiger partial charge in [-0.15, -0.1) is 0 Å². The Kier molecular flexibility index (Phi) is 10.7. The smallest absolute Gasteiger partial charge is 0.347 e. The maximum absolute atomic E-state index is 13.1. The fraction of sp³-hybridized carbons (Fsp3) is 0.108. The van der Waals surface area contributed by atoms with Gasteiger partial charge in [0.1, 0.15) is 22.8 Å². The van der Waals surface area contributed by atoms with Crippen LogP contribution in [0.15, 0.2) is 109 Å². The Morgan fingerprint density at radius 2 is 1.18 bits per heavy atom. The van der Waals surface area contributed by atoms with Crippen LogP contribution in [-0.2, 0) is 4.79 Å². The van der Waals surface area contributed by atoms with Crippen molar-refractivity contribution in [2.24, 2.45) is 0 Å². The minimum atomic E-state index is -0.752. The van der Waals surface area contributed by atoms with Crippen LogP contribution in [0.25, 0.3) is 12.2 Å². The molecule has 1 N–H and O–H groups in total. The van der Waals surface area contributed by atoms with Crippen LogP contribution in [0.5, 0.6) is 23.0 Å². The first kappa shape index (κ1) is 32.0. The summed E-state index contributed by atoms with van der Waals surface area (Å²) in [5.74, 6) is -0.861. The predicted octanol–water partition coefficient (Wildman–Crippen LogP) is 7.50. The lowest BCUT2D eigenvalue weighted by Gasteiger charge is -2.13. The average molecular weight is 605 g/mol. The number of ketones is 1. The van der Waals surface area contributed by atoms with E-state index in [-0.39, 0.29) is 28.6 Å².